The number of piperazine rings is 1. The van der Waals surface area contributed by atoms with E-state index in [-0.39, 0.29) is 11.9 Å². The van der Waals surface area contributed by atoms with Gasteiger partial charge in [-0.05, 0) is 39.3 Å². The van der Waals surface area contributed by atoms with E-state index >= 15 is 0 Å². The van der Waals surface area contributed by atoms with Gasteiger partial charge in [-0.15, -0.1) is 0 Å². The SMILES string of the molecule is CCCn1ncc(C(=O)N2CCN(c3ccc(C)cc3)C[C@@H]2C)c1C. The van der Waals surface area contributed by atoms with Crippen molar-refractivity contribution in [2.24, 2.45) is 0 Å². The number of amides is 1. The Labute approximate surface area is 150 Å². The molecule has 0 bridgehead atoms. The van der Waals surface area contributed by atoms with Crippen LogP contribution in [0.2, 0.25) is 0 Å². The van der Waals surface area contributed by atoms with Crippen molar-refractivity contribution >= 4 is 11.6 Å². The Hall–Kier alpha value is -2.30. The monoisotopic (exact) mass is 340 g/mol. The Morgan fingerprint density at radius 2 is 1.92 bits per heavy atom. The van der Waals surface area contributed by atoms with Gasteiger partial charge in [0, 0.05) is 43.6 Å². The maximum Gasteiger partial charge on any atom is 0.257 e. The number of nitrogens with zero attached hydrogens (tertiary/aromatic N) is 4. The number of aromatic nitrogens is 2. The van der Waals surface area contributed by atoms with Crippen LogP contribution in [0.5, 0.6) is 0 Å². The molecule has 25 heavy (non-hydrogen) atoms. The molecule has 0 saturated carbocycles. The number of rotatable bonds is 4. The standard InChI is InChI=1S/C20H28N4O/c1-5-10-24-17(4)19(13-21-24)20(25)23-12-11-22(14-16(23)3)18-8-6-15(2)7-9-18/h6-9,13,16H,5,10-12,14H2,1-4H3/t16-/m0/s1. The van der Waals surface area contributed by atoms with E-state index in [1.54, 1.807) is 6.20 Å². The van der Waals surface area contributed by atoms with Gasteiger partial charge in [0.25, 0.3) is 5.91 Å². The summed E-state index contributed by atoms with van der Waals surface area (Å²) in [5.41, 5.74) is 4.21. The Balaban J connectivity index is 1.70. The summed E-state index contributed by atoms with van der Waals surface area (Å²) in [6, 6.07) is 8.79. The van der Waals surface area contributed by atoms with Crippen LogP contribution < -0.4 is 4.90 Å². The zero-order valence-electron chi connectivity index (χ0n) is 15.7. The lowest BCUT2D eigenvalue weighted by Crippen LogP contribution is -2.54. The van der Waals surface area contributed by atoms with Crippen molar-refractivity contribution < 1.29 is 4.79 Å². The van der Waals surface area contributed by atoms with Gasteiger partial charge in [0.15, 0.2) is 0 Å². The maximum atomic E-state index is 13.0. The molecule has 5 nitrogen and oxygen atoms in total. The number of benzene rings is 1. The molecular formula is C20H28N4O. The fourth-order valence-corrected chi connectivity index (χ4v) is 3.50. The summed E-state index contributed by atoms with van der Waals surface area (Å²) in [5.74, 6) is 0.107. The van der Waals surface area contributed by atoms with Gasteiger partial charge in [0.1, 0.15) is 0 Å². The molecule has 2 aromatic rings. The Morgan fingerprint density at radius 3 is 2.56 bits per heavy atom. The molecule has 0 unspecified atom stereocenters. The van der Waals surface area contributed by atoms with Gasteiger partial charge in [-0.25, -0.2) is 0 Å². The molecule has 1 fully saturated rings. The molecule has 1 aromatic heterocycles. The zero-order chi connectivity index (χ0) is 18.0. The van der Waals surface area contributed by atoms with Crippen molar-refractivity contribution in [1.29, 1.82) is 0 Å². The van der Waals surface area contributed by atoms with Crippen LogP contribution in [0.4, 0.5) is 5.69 Å². The summed E-state index contributed by atoms with van der Waals surface area (Å²) in [5, 5.41) is 4.38. The van der Waals surface area contributed by atoms with E-state index < -0.39 is 0 Å². The predicted molar refractivity (Wildman–Crippen MR) is 101 cm³/mol. The molecule has 1 aliphatic rings. The maximum absolute atomic E-state index is 13.0. The highest BCUT2D eigenvalue weighted by Crippen LogP contribution is 2.22. The van der Waals surface area contributed by atoms with Gasteiger partial charge >= 0.3 is 0 Å². The van der Waals surface area contributed by atoms with E-state index in [0.717, 1.165) is 43.9 Å². The average Bonchev–Trinajstić information content (AvgIpc) is 2.96. The molecule has 0 spiro atoms. The lowest BCUT2D eigenvalue weighted by atomic mass is 10.1. The molecule has 1 atom stereocenters. The highest BCUT2D eigenvalue weighted by atomic mass is 16.2. The summed E-state index contributed by atoms with van der Waals surface area (Å²) >= 11 is 0. The van der Waals surface area contributed by atoms with Crippen molar-refractivity contribution in [3.8, 4) is 0 Å². The highest BCUT2D eigenvalue weighted by Gasteiger charge is 2.30. The third-order valence-electron chi connectivity index (χ3n) is 5.06. The van der Waals surface area contributed by atoms with Gasteiger partial charge in [0.2, 0.25) is 0 Å². The summed E-state index contributed by atoms with van der Waals surface area (Å²) in [4.78, 5) is 17.3. The van der Waals surface area contributed by atoms with Crippen LogP contribution in [-0.4, -0.2) is 46.3 Å². The summed E-state index contributed by atoms with van der Waals surface area (Å²) in [6.45, 7) is 11.7. The molecule has 2 heterocycles. The van der Waals surface area contributed by atoms with E-state index in [1.807, 2.05) is 16.5 Å². The van der Waals surface area contributed by atoms with Crippen molar-refractivity contribution in [3.63, 3.8) is 0 Å². The number of carbonyl (C=O) groups is 1. The van der Waals surface area contributed by atoms with Crippen LogP contribution in [0.25, 0.3) is 0 Å². The number of aryl methyl sites for hydroxylation is 2. The van der Waals surface area contributed by atoms with Crippen LogP contribution >= 0.6 is 0 Å². The molecule has 0 aliphatic carbocycles. The third-order valence-corrected chi connectivity index (χ3v) is 5.06. The van der Waals surface area contributed by atoms with E-state index in [0.29, 0.717) is 0 Å². The Bertz CT molecular complexity index is 735. The molecule has 1 aliphatic heterocycles. The topological polar surface area (TPSA) is 41.4 Å². The number of hydrogen-bond acceptors (Lipinski definition) is 3. The molecule has 134 valence electrons. The number of anilines is 1. The normalized spacial score (nSPS) is 17.8. The Kier molecular flexibility index (Phi) is 5.11. The molecule has 1 amide bonds. The predicted octanol–water partition coefficient (Wildman–Crippen LogP) is 3.26. The van der Waals surface area contributed by atoms with Crippen molar-refractivity contribution in [3.05, 3.63) is 47.3 Å². The summed E-state index contributed by atoms with van der Waals surface area (Å²) < 4.78 is 1.93. The summed E-state index contributed by atoms with van der Waals surface area (Å²) in [6.07, 6.45) is 2.74. The van der Waals surface area contributed by atoms with E-state index in [9.17, 15) is 4.79 Å². The average molecular weight is 340 g/mol. The highest BCUT2D eigenvalue weighted by molar-refractivity contribution is 5.95. The molecule has 5 heteroatoms. The second-order valence-corrected chi connectivity index (χ2v) is 7.00. The van der Waals surface area contributed by atoms with Gasteiger partial charge in [-0.3, -0.25) is 9.48 Å². The fraction of sp³-hybridized carbons (Fsp3) is 0.500. The van der Waals surface area contributed by atoms with Gasteiger partial charge < -0.3 is 9.80 Å². The first-order chi connectivity index (χ1) is 12.0. The van der Waals surface area contributed by atoms with Crippen LogP contribution in [0, 0.1) is 13.8 Å². The summed E-state index contributed by atoms with van der Waals surface area (Å²) in [7, 11) is 0. The minimum Gasteiger partial charge on any atom is -0.368 e. The van der Waals surface area contributed by atoms with E-state index in [4.69, 9.17) is 0 Å². The van der Waals surface area contributed by atoms with Gasteiger partial charge in [-0.2, -0.15) is 5.10 Å². The van der Waals surface area contributed by atoms with E-state index in [2.05, 4.69) is 55.0 Å². The lowest BCUT2D eigenvalue weighted by Gasteiger charge is -2.41. The largest absolute Gasteiger partial charge is 0.368 e. The van der Waals surface area contributed by atoms with Crippen LogP contribution in [0.1, 0.15) is 41.9 Å². The molecular weight excluding hydrogens is 312 g/mol. The van der Waals surface area contributed by atoms with Gasteiger partial charge in [0.05, 0.1) is 11.8 Å². The molecule has 0 radical (unpaired) electrons. The second kappa shape index (κ2) is 7.30. The number of carbonyl (C=O) groups excluding carboxylic acids is 1. The van der Waals surface area contributed by atoms with Gasteiger partial charge in [-0.1, -0.05) is 24.6 Å². The van der Waals surface area contributed by atoms with Crippen LogP contribution in [-0.2, 0) is 6.54 Å². The molecule has 3 rings (SSSR count). The second-order valence-electron chi connectivity index (χ2n) is 7.00. The van der Waals surface area contributed by atoms with Crippen molar-refractivity contribution in [2.75, 3.05) is 24.5 Å². The fourth-order valence-electron chi connectivity index (χ4n) is 3.50. The first-order valence-electron chi connectivity index (χ1n) is 9.16. The third kappa shape index (κ3) is 3.55. The minimum atomic E-state index is 0.107. The lowest BCUT2D eigenvalue weighted by molar-refractivity contribution is 0.0673. The zero-order valence-corrected chi connectivity index (χ0v) is 15.7. The van der Waals surface area contributed by atoms with Crippen LogP contribution in [0.15, 0.2) is 30.5 Å². The van der Waals surface area contributed by atoms with Crippen molar-refractivity contribution in [2.45, 2.75) is 46.7 Å². The molecule has 1 saturated heterocycles. The molecule has 0 N–H and O–H groups in total. The first-order valence-corrected chi connectivity index (χ1v) is 9.16. The first kappa shape index (κ1) is 17.5. The Morgan fingerprint density at radius 1 is 1.20 bits per heavy atom. The minimum absolute atomic E-state index is 0.107. The quantitative estimate of drug-likeness (QED) is 0.858. The number of hydrogen-bond donors (Lipinski definition) is 0. The smallest absolute Gasteiger partial charge is 0.257 e. The van der Waals surface area contributed by atoms with Crippen LogP contribution in [0.3, 0.4) is 0 Å². The van der Waals surface area contributed by atoms with E-state index in [1.165, 1.54) is 11.3 Å². The molecule has 1 aromatic carbocycles. The van der Waals surface area contributed by atoms with Crippen molar-refractivity contribution in [1.82, 2.24) is 14.7 Å².